The second kappa shape index (κ2) is 4.85. The molecule has 0 saturated carbocycles. The minimum atomic E-state index is -0.612. The maximum Gasteiger partial charge on any atom is 0.233 e. The number of hydrogen-bond donors (Lipinski definition) is 1. The second-order valence-corrected chi connectivity index (χ2v) is 3.46. The summed E-state index contributed by atoms with van der Waals surface area (Å²) in [6, 6.07) is 3.52. The molecule has 2 aromatic rings. The predicted molar refractivity (Wildman–Crippen MR) is 58.6 cm³/mol. The minimum absolute atomic E-state index is 0.384. The van der Waals surface area contributed by atoms with Crippen LogP contribution in [-0.2, 0) is 6.54 Å². The molecule has 0 amide bonds. The van der Waals surface area contributed by atoms with Gasteiger partial charge in [0.1, 0.15) is 11.0 Å². The molecule has 0 aliphatic carbocycles. The highest BCUT2D eigenvalue weighted by Gasteiger charge is 1.98. The van der Waals surface area contributed by atoms with Crippen molar-refractivity contribution in [2.24, 2.45) is 0 Å². The summed E-state index contributed by atoms with van der Waals surface area (Å²) in [5.74, 6) is -0.228. The van der Waals surface area contributed by atoms with Crippen LogP contribution in [0.1, 0.15) is 5.56 Å². The monoisotopic (exact) mass is 238 g/mol. The van der Waals surface area contributed by atoms with Gasteiger partial charge in [0.25, 0.3) is 0 Å². The maximum atomic E-state index is 12.7. The molecule has 0 spiro atoms. The van der Waals surface area contributed by atoms with Gasteiger partial charge in [0.15, 0.2) is 0 Å². The lowest BCUT2D eigenvalue weighted by atomic mass is 10.3. The predicted octanol–water partition coefficient (Wildman–Crippen LogP) is 2.28. The normalized spacial score (nSPS) is 10.1. The first kappa shape index (κ1) is 10.8. The first-order valence-corrected chi connectivity index (χ1v) is 4.94. The van der Waals surface area contributed by atoms with E-state index < -0.39 is 5.95 Å². The van der Waals surface area contributed by atoms with Gasteiger partial charge in [-0.25, -0.2) is 4.98 Å². The summed E-state index contributed by atoms with van der Waals surface area (Å²) in [4.78, 5) is 11.2. The van der Waals surface area contributed by atoms with Gasteiger partial charge in [-0.2, -0.15) is 9.37 Å². The van der Waals surface area contributed by atoms with Crippen LogP contribution in [0.2, 0.25) is 5.15 Å². The zero-order chi connectivity index (χ0) is 11.4. The Morgan fingerprint density at radius 1 is 1.25 bits per heavy atom. The minimum Gasteiger partial charge on any atom is -0.365 e. The van der Waals surface area contributed by atoms with Gasteiger partial charge in [-0.1, -0.05) is 17.7 Å². The van der Waals surface area contributed by atoms with E-state index in [4.69, 9.17) is 11.6 Å². The van der Waals surface area contributed by atoms with Crippen LogP contribution in [0.4, 0.5) is 10.2 Å². The molecule has 0 aromatic carbocycles. The molecular weight excluding hydrogens is 231 g/mol. The van der Waals surface area contributed by atoms with Gasteiger partial charge in [-0.3, -0.25) is 4.98 Å². The highest BCUT2D eigenvalue weighted by Crippen LogP contribution is 2.07. The van der Waals surface area contributed by atoms with E-state index in [2.05, 4.69) is 20.3 Å². The number of rotatable bonds is 3. The topological polar surface area (TPSA) is 50.7 Å². The highest BCUT2D eigenvalue weighted by atomic mass is 35.5. The van der Waals surface area contributed by atoms with Gasteiger partial charge in [0, 0.05) is 12.7 Å². The molecule has 0 aliphatic rings. The third kappa shape index (κ3) is 2.87. The SMILES string of the molecule is Fc1cncc(NCc2ccc(Cl)nc2)n1. The Hall–Kier alpha value is -1.75. The molecule has 0 unspecified atom stereocenters. The first-order valence-electron chi connectivity index (χ1n) is 4.56. The maximum absolute atomic E-state index is 12.7. The quantitative estimate of drug-likeness (QED) is 0.834. The number of aromatic nitrogens is 3. The average molecular weight is 239 g/mol. The summed E-state index contributed by atoms with van der Waals surface area (Å²) in [6.45, 7) is 0.488. The van der Waals surface area contributed by atoms with Crippen molar-refractivity contribution in [2.45, 2.75) is 6.54 Å². The summed E-state index contributed by atoms with van der Waals surface area (Å²) in [5, 5.41) is 3.36. The Labute approximate surface area is 96.5 Å². The van der Waals surface area contributed by atoms with E-state index in [-0.39, 0.29) is 0 Å². The summed E-state index contributed by atoms with van der Waals surface area (Å²) >= 11 is 5.65. The number of nitrogens with zero attached hydrogens (tertiary/aromatic N) is 3. The number of nitrogens with one attached hydrogen (secondary N) is 1. The van der Waals surface area contributed by atoms with Crippen LogP contribution in [0, 0.1) is 5.95 Å². The fourth-order valence-electron chi connectivity index (χ4n) is 1.13. The second-order valence-electron chi connectivity index (χ2n) is 3.07. The first-order chi connectivity index (χ1) is 7.74. The van der Waals surface area contributed by atoms with E-state index in [1.54, 1.807) is 12.3 Å². The Kier molecular flexibility index (Phi) is 3.26. The smallest absolute Gasteiger partial charge is 0.233 e. The Morgan fingerprint density at radius 3 is 2.81 bits per heavy atom. The largest absolute Gasteiger partial charge is 0.365 e. The summed E-state index contributed by atoms with van der Waals surface area (Å²) in [6.07, 6.45) is 4.14. The summed E-state index contributed by atoms with van der Waals surface area (Å²) in [5.41, 5.74) is 0.926. The van der Waals surface area contributed by atoms with E-state index in [0.717, 1.165) is 11.8 Å². The van der Waals surface area contributed by atoms with Crippen LogP contribution in [0.3, 0.4) is 0 Å². The molecule has 2 rings (SSSR count). The van der Waals surface area contributed by atoms with Gasteiger partial charge in [-0.05, 0) is 11.6 Å². The van der Waals surface area contributed by atoms with E-state index in [0.29, 0.717) is 17.5 Å². The van der Waals surface area contributed by atoms with Crippen LogP contribution >= 0.6 is 11.6 Å². The molecule has 6 heteroatoms. The molecule has 0 atom stereocenters. The molecule has 16 heavy (non-hydrogen) atoms. The van der Waals surface area contributed by atoms with Crippen LogP contribution in [0.25, 0.3) is 0 Å². The Bertz CT molecular complexity index is 475. The fourth-order valence-corrected chi connectivity index (χ4v) is 1.24. The van der Waals surface area contributed by atoms with Crippen LogP contribution in [-0.4, -0.2) is 15.0 Å². The fraction of sp³-hybridized carbons (Fsp3) is 0.100. The number of pyridine rings is 1. The van der Waals surface area contributed by atoms with Crippen molar-refractivity contribution in [3.05, 3.63) is 47.4 Å². The zero-order valence-corrected chi connectivity index (χ0v) is 8.95. The molecule has 0 saturated heterocycles. The van der Waals surface area contributed by atoms with Crippen LogP contribution in [0.15, 0.2) is 30.7 Å². The molecule has 0 aliphatic heterocycles. The Balaban J connectivity index is 1.99. The molecule has 0 fully saturated rings. The standard InChI is InChI=1S/C10H8ClFN4/c11-8-2-1-7(3-14-8)4-15-10-6-13-5-9(12)16-10/h1-3,5-6H,4H2,(H,15,16). The van der Waals surface area contributed by atoms with Crippen molar-refractivity contribution in [3.8, 4) is 0 Å². The van der Waals surface area contributed by atoms with E-state index in [9.17, 15) is 4.39 Å². The zero-order valence-electron chi connectivity index (χ0n) is 8.19. The molecule has 0 radical (unpaired) electrons. The van der Waals surface area contributed by atoms with Crippen LogP contribution < -0.4 is 5.32 Å². The van der Waals surface area contributed by atoms with Crippen molar-refractivity contribution >= 4 is 17.4 Å². The van der Waals surface area contributed by atoms with Gasteiger partial charge in [-0.15, -0.1) is 0 Å². The Morgan fingerprint density at radius 2 is 2.12 bits per heavy atom. The number of halogens is 2. The molecule has 2 heterocycles. The number of anilines is 1. The molecule has 4 nitrogen and oxygen atoms in total. The number of hydrogen-bond acceptors (Lipinski definition) is 4. The highest BCUT2D eigenvalue weighted by molar-refractivity contribution is 6.29. The van der Waals surface area contributed by atoms with Crippen molar-refractivity contribution in [1.29, 1.82) is 0 Å². The lowest BCUT2D eigenvalue weighted by molar-refractivity contribution is 0.578. The van der Waals surface area contributed by atoms with Crippen molar-refractivity contribution in [1.82, 2.24) is 15.0 Å². The molecule has 82 valence electrons. The van der Waals surface area contributed by atoms with Crippen molar-refractivity contribution in [2.75, 3.05) is 5.32 Å². The van der Waals surface area contributed by atoms with E-state index in [1.165, 1.54) is 6.20 Å². The van der Waals surface area contributed by atoms with Crippen molar-refractivity contribution < 1.29 is 4.39 Å². The van der Waals surface area contributed by atoms with Gasteiger partial charge < -0.3 is 5.32 Å². The van der Waals surface area contributed by atoms with Gasteiger partial charge in [0.05, 0.1) is 12.4 Å². The lowest BCUT2D eigenvalue weighted by Gasteiger charge is -2.04. The van der Waals surface area contributed by atoms with Crippen LogP contribution in [0.5, 0.6) is 0 Å². The molecule has 0 bridgehead atoms. The molecular formula is C10H8ClFN4. The third-order valence-corrected chi connectivity index (χ3v) is 2.09. The molecule has 2 aromatic heterocycles. The van der Waals surface area contributed by atoms with Gasteiger partial charge >= 0.3 is 0 Å². The third-order valence-electron chi connectivity index (χ3n) is 1.87. The van der Waals surface area contributed by atoms with E-state index in [1.807, 2.05) is 6.07 Å². The van der Waals surface area contributed by atoms with Crippen molar-refractivity contribution in [3.63, 3.8) is 0 Å². The summed E-state index contributed by atoms with van der Waals surface area (Å²) < 4.78 is 12.7. The molecule has 1 N–H and O–H groups in total. The van der Waals surface area contributed by atoms with Gasteiger partial charge in [0.2, 0.25) is 5.95 Å². The lowest BCUT2D eigenvalue weighted by Crippen LogP contribution is -2.03. The summed E-state index contributed by atoms with van der Waals surface area (Å²) in [7, 11) is 0. The average Bonchev–Trinajstić information content (AvgIpc) is 2.28. The van der Waals surface area contributed by atoms with E-state index >= 15 is 0 Å².